The maximum absolute atomic E-state index is 14.0. The van der Waals surface area contributed by atoms with Crippen molar-refractivity contribution in [1.82, 2.24) is 0 Å². The fraction of sp³-hybridized carbons (Fsp3) is 0.800. The molecular formula is C10H20F5O3PSi2. The summed E-state index contributed by atoms with van der Waals surface area (Å²) in [5.41, 5.74) is -2.08. The van der Waals surface area contributed by atoms with Gasteiger partial charge in [-0.2, -0.15) is 17.6 Å². The van der Waals surface area contributed by atoms with E-state index in [1.807, 2.05) is 0 Å². The molecule has 0 radical (unpaired) electrons. The van der Waals surface area contributed by atoms with Gasteiger partial charge in [0.1, 0.15) is 0 Å². The highest BCUT2D eigenvalue weighted by Crippen LogP contribution is 2.61. The SMILES string of the molecule is C[Si](C)(C)OP(=O)(O[Si](C)(C)C)/C(F)=C(\F)CC(F)(F)F. The first-order chi connectivity index (χ1) is 8.95. The van der Waals surface area contributed by atoms with E-state index in [0.717, 1.165) is 0 Å². The van der Waals surface area contributed by atoms with Gasteiger partial charge in [-0.15, -0.1) is 0 Å². The van der Waals surface area contributed by atoms with Gasteiger partial charge in [0.2, 0.25) is 5.57 Å². The van der Waals surface area contributed by atoms with Crippen LogP contribution in [0.2, 0.25) is 39.3 Å². The van der Waals surface area contributed by atoms with Crippen LogP contribution in [0.4, 0.5) is 22.0 Å². The Kier molecular flexibility index (Phi) is 6.61. The molecule has 0 aromatic heterocycles. The molecule has 0 aromatic rings. The lowest BCUT2D eigenvalue weighted by Crippen LogP contribution is -2.30. The zero-order chi connectivity index (χ0) is 17.3. The molecular weight excluding hydrogens is 350 g/mol. The molecule has 0 bridgehead atoms. The Balaban J connectivity index is 5.70. The van der Waals surface area contributed by atoms with Gasteiger partial charge in [-0.1, -0.05) is 0 Å². The van der Waals surface area contributed by atoms with E-state index >= 15 is 0 Å². The van der Waals surface area contributed by atoms with Crippen LogP contribution in [0.5, 0.6) is 0 Å². The van der Waals surface area contributed by atoms with Gasteiger partial charge in [0.05, 0.1) is 6.42 Å². The molecule has 0 heterocycles. The quantitative estimate of drug-likeness (QED) is 0.330. The van der Waals surface area contributed by atoms with Crippen molar-refractivity contribution in [3.05, 3.63) is 11.4 Å². The van der Waals surface area contributed by atoms with Crippen molar-refractivity contribution in [3.8, 4) is 0 Å². The molecule has 0 aromatic carbocycles. The summed E-state index contributed by atoms with van der Waals surface area (Å²) in [6, 6.07) is 0. The molecule has 0 saturated heterocycles. The van der Waals surface area contributed by atoms with Gasteiger partial charge in [-0.25, -0.2) is 4.39 Å². The summed E-state index contributed by atoms with van der Waals surface area (Å²) in [7, 11) is -10.0. The summed E-state index contributed by atoms with van der Waals surface area (Å²) in [5.74, 6) is -2.16. The summed E-state index contributed by atoms with van der Waals surface area (Å²) < 4.78 is 86.4. The van der Waals surface area contributed by atoms with Crippen LogP contribution >= 0.6 is 7.60 Å². The van der Waals surface area contributed by atoms with Crippen LogP contribution in [0.1, 0.15) is 6.42 Å². The number of hydrogen-bond donors (Lipinski definition) is 0. The van der Waals surface area contributed by atoms with Crippen LogP contribution < -0.4 is 0 Å². The van der Waals surface area contributed by atoms with Crippen LogP contribution in [0, 0.1) is 0 Å². The summed E-state index contributed by atoms with van der Waals surface area (Å²) in [6.07, 6.45) is -7.10. The lowest BCUT2D eigenvalue weighted by atomic mass is 10.4. The van der Waals surface area contributed by atoms with Gasteiger partial charge in [-0.05, 0) is 39.3 Å². The summed E-state index contributed by atoms with van der Waals surface area (Å²) in [4.78, 5) is 0. The molecule has 21 heavy (non-hydrogen) atoms. The molecule has 3 nitrogen and oxygen atoms in total. The third-order valence-corrected chi connectivity index (χ3v) is 8.64. The first-order valence-corrected chi connectivity index (χ1v) is 14.4. The van der Waals surface area contributed by atoms with Crippen LogP contribution in [0.3, 0.4) is 0 Å². The maximum Gasteiger partial charge on any atom is 0.395 e. The molecule has 0 rings (SSSR count). The Morgan fingerprint density at radius 3 is 1.52 bits per heavy atom. The van der Waals surface area contributed by atoms with E-state index in [1.165, 1.54) is 0 Å². The van der Waals surface area contributed by atoms with E-state index in [2.05, 4.69) is 0 Å². The number of allylic oxidation sites excluding steroid dienone is 1. The highest BCUT2D eigenvalue weighted by molar-refractivity contribution is 7.61. The Morgan fingerprint density at radius 1 is 0.952 bits per heavy atom. The second-order valence-electron chi connectivity index (χ2n) is 6.39. The molecule has 11 heteroatoms. The van der Waals surface area contributed by atoms with E-state index in [1.54, 1.807) is 39.3 Å². The second kappa shape index (κ2) is 6.61. The molecule has 0 unspecified atom stereocenters. The number of hydrogen-bond acceptors (Lipinski definition) is 3. The van der Waals surface area contributed by atoms with Gasteiger partial charge >= 0.3 is 13.8 Å². The average Bonchev–Trinajstić information content (AvgIpc) is 2.06. The molecule has 0 amide bonds. The van der Waals surface area contributed by atoms with E-state index < -0.39 is 48.2 Å². The van der Waals surface area contributed by atoms with Crippen molar-refractivity contribution in [2.75, 3.05) is 0 Å². The largest absolute Gasteiger partial charge is 0.395 e. The molecule has 0 aliphatic carbocycles. The fourth-order valence-corrected chi connectivity index (χ4v) is 8.49. The first kappa shape index (κ1) is 21.0. The highest BCUT2D eigenvalue weighted by Gasteiger charge is 2.44. The van der Waals surface area contributed by atoms with Gasteiger partial charge in [0.15, 0.2) is 22.5 Å². The topological polar surface area (TPSA) is 35.5 Å². The molecule has 0 aliphatic rings. The monoisotopic (exact) mass is 370 g/mol. The predicted octanol–water partition coefficient (Wildman–Crippen LogP) is 5.94. The number of halogens is 5. The second-order valence-corrected chi connectivity index (χ2v) is 17.7. The molecule has 0 saturated carbocycles. The average molecular weight is 370 g/mol. The minimum absolute atomic E-state index is 1.54. The van der Waals surface area contributed by atoms with Crippen molar-refractivity contribution >= 4 is 24.2 Å². The third kappa shape index (κ3) is 8.87. The zero-order valence-corrected chi connectivity index (χ0v) is 15.7. The van der Waals surface area contributed by atoms with Gasteiger partial charge in [0.25, 0.3) is 0 Å². The Morgan fingerprint density at radius 2 is 1.29 bits per heavy atom. The molecule has 0 N–H and O–H groups in total. The van der Waals surface area contributed by atoms with E-state index in [4.69, 9.17) is 8.43 Å². The van der Waals surface area contributed by atoms with Crippen LogP contribution in [-0.2, 0) is 13.0 Å². The van der Waals surface area contributed by atoms with Gasteiger partial charge in [0, 0.05) is 0 Å². The Bertz CT molecular complexity index is 431. The molecule has 0 atom stereocenters. The molecule has 0 aliphatic heterocycles. The normalized spacial score (nSPS) is 16.0. The lowest BCUT2D eigenvalue weighted by molar-refractivity contribution is -0.130. The standard InChI is InChI=1S/C10H20F5O3PSi2/c1-20(2,3)17-19(16,18-21(4,5)6)9(12)8(11)7-10(13,14)15/h7H2,1-6H3/b9-8-. The third-order valence-electron chi connectivity index (χ3n) is 1.61. The van der Waals surface area contributed by atoms with Gasteiger partial charge in [-0.3, -0.25) is 4.57 Å². The number of rotatable bonds is 6. The smallest absolute Gasteiger partial charge is 0.347 e. The number of alkyl halides is 3. The van der Waals surface area contributed by atoms with Crippen molar-refractivity contribution in [2.45, 2.75) is 51.9 Å². The van der Waals surface area contributed by atoms with E-state index in [-0.39, 0.29) is 0 Å². The Hall–Kier alpha value is -0.0262. The van der Waals surface area contributed by atoms with Crippen molar-refractivity contribution in [3.63, 3.8) is 0 Å². The zero-order valence-electron chi connectivity index (χ0n) is 12.8. The summed E-state index contributed by atoms with van der Waals surface area (Å²) >= 11 is 0. The van der Waals surface area contributed by atoms with E-state index in [9.17, 15) is 26.5 Å². The highest BCUT2D eigenvalue weighted by atomic mass is 31.2. The van der Waals surface area contributed by atoms with Crippen LogP contribution in [-0.4, -0.2) is 22.8 Å². The summed E-state index contributed by atoms with van der Waals surface area (Å²) in [5, 5.41) is 0. The summed E-state index contributed by atoms with van der Waals surface area (Å²) in [6.45, 7) is 9.26. The maximum atomic E-state index is 14.0. The molecule has 0 spiro atoms. The van der Waals surface area contributed by atoms with Crippen molar-refractivity contribution in [2.24, 2.45) is 0 Å². The first-order valence-electron chi connectivity index (χ1n) is 6.08. The van der Waals surface area contributed by atoms with Crippen molar-refractivity contribution in [1.29, 1.82) is 0 Å². The lowest BCUT2D eigenvalue weighted by Gasteiger charge is -2.30. The van der Waals surface area contributed by atoms with Crippen LogP contribution in [0.25, 0.3) is 0 Å². The van der Waals surface area contributed by atoms with E-state index in [0.29, 0.717) is 0 Å². The minimum atomic E-state index is -4.95. The minimum Gasteiger partial charge on any atom is -0.347 e. The molecule has 0 fully saturated rings. The predicted molar refractivity (Wildman–Crippen MR) is 76.4 cm³/mol. The van der Waals surface area contributed by atoms with Crippen LogP contribution in [0.15, 0.2) is 11.4 Å². The Labute approximate surface area is 123 Å². The fourth-order valence-electron chi connectivity index (χ4n) is 1.22. The van der Waals surface area contributed by atoms with Crippen molar-refractivity contribution < 1.29 is 34.9 Å². The molecule has 126 valence electrons. The van der Waals surface area contributed by atoms with Gasteiger partial charge < -0.3 is 8.43 Å².